The highest BCUT2D eigenvalue weighted by Crippen LogP contribution is 2.35. The quantitative estimate of drug-likeness (QED) is 0.660. The first-order valence-electron chi connectivity index (χ1n) is 7.89. The maximum Gasteiger partial charge on any atom is 0.200 e. The maximum absolute atomic E-state index is 9.46. The molecule has 1 aliphatic heterocycles. The van der Waals surface area contributed by atoms with Crippen LogP contribution >= 0.6 is 0 Å². The molecule has 0 aromatic carbocycles. The Bertz CT molecular complexity index is 528. The Kier molecular flexibility index (Phi) is 4.63. The summed E-state index contributed by atoms with van der Waals surface area (Å²) < 4.78 is 10.8. The Labute approximate surface area is 131 Å². The van der Waals surface area contributed by atoms with Crippen LogP contribution in [0.25, 0.3) is 0 Å². The van der Waals surface area contributed by atoms with E-state index >= 15 is 0 Å². The van der Waals surface area contributed by atoms with Crippen molar-refractivity contribution in [2.24, 2.45) is 0 Å². The Balaban J connectivity index is 1.87. The Morgan fingerprint density at radius 3 is 2.82 bits per heavy atom. The molecule has 3 rings (SSSR count). The summed E-state index contributed by atoms with van der Waals surface area (Å²) in [5, 5.41) is 16.3. The molecule has 1 fully saturated rings. The lowest BCUT2D eigenvalue weighted by Crippen LogP contribution is -2.35. The largest absolute Gasteiger partial charge is 0.394 e. The smallest absolute Gasteiger partial charge is 0.200 e. The standard InChI is InChI=1S/C16H25N3O3/c1-21-15(22-2)13-12(9-18-16(10-20)5-6-16)8-11-4-3-7-17-14(11)19-13/h8,15,18,20H,3-7,9-10H2,1-2H3,(H,17,19). The number of aliphatic hydroxyl groups excluding tert-OH is 1. The third-order valence-corrected chi connectivity index (χ3v) is 4.59. The third kappa shape index (κ3) is 3.10. The molecule has 6 heteroatoms. The normalized spacial score (nSPS) is 18.9. The van der Waals surface area contributed by atoms with Gasteiger partial charge in [0.2, 0.25) is 6.29 Å². The van der Waals surface area contributed by atoms with Gasteiger partial charge >= 0.3 is 0 Å². The molecule has 0 amide bonds. The first-order chi connectivity index (χ1) is 10.7. The minimum Gasteiger partial charge on any atom is -0.394 e. The van der Waals surface area contributed by atoms with Gasteiger partial charge < -0.3 is 25.2 Å². The minimum absolute atomic E-state index is 0.0962. The fraction of sp³-hybridized carbons (Fsp3) is 0.688. The Hall–Kier alpha value is -1.21. The SMILES string of the molecule is COC(OC)c1nc2c(cc1CNC1(CO)CC1)CCCN2. The first kappa shape index (κ1) is 15.7. The number of nitrogens with zero attached hydrogens (tertiary/aromatic N) is 1. The fourth-order valence-electron chi connectivity index (χ4n) is 2.94. The second-order valence-corrected chi connectivity index (χ2v) is 6.17. The van der Waals surface area contributed by atoms with Gasteiger partial charge in [0.05, 0.1) is 6.61 Å². The number of pyridine rings is 1. The van der Waals surface area contributed by atoms with Gasteiger partial charge in [-0.2, -0.15) is 0 Å². The van der Waals surface area contributed by atoms with E-state index in [-0.39, 0.29) is 12.1 Å². The predicted octanol–water partition coefficient (Wildman–Crippen LogP) is 1.35. The lowest BCUT2D eigenvalue weighted by atomic mass is 10.0. The monoisotopic (exact) mass is 307 g/mol. The molecule has 2 heterocycles. The van der Waals surface area contributed by atoms with Crippen LogP contribution < -0.4 is 10.6 Å². The molecule has 122 valence electrons. The molecule has 0 saturated heterocycles. The van der Waals surface area contributed by atoms with Gasteiger partial charge in [-0.25, -0.2) is 4.98 Å². The van der Waals surface area contributed by atoms with Crippen molar-refractivity contribution < 1.29 is 14.6 Å². The van der Waals surface area contributed by atoms with Crippen LogP contribution in [0.5, 0.6) is 0 Å². The van der Waals surface area contributed by atoms with Crippen LogP contribution in [0, 0.1) is 0 Å². The number of anilines is 1. The number of methoxy groups -OCH3 is 2. The number of fused-ring (bicyclic) bond motifs is 1. The van der Waals surface area contributed by atoms with E-state index in [9.17, 15) is 5.11 Å². The second kappa shape index (κ2) is 6.50. The minimum atomic E-state index is -0.477. The van der Waals surface area contributed by atoms with Gasteiger partial charge in [-0.15, -0.1) is 0 Å². The summed E-state index contributed by atoms with van der Waals surface area (Å²) in [4.78, 5) is 4.74. The molecule has 0 bridgehead atoms. The van der Waals surface area contributed by atoms with Crippen LogP contribution in [0.3, 0.4) is 0 Å². The van der Waals surface area contributed by atoms with Crippen LogP contribution in [-0.4, -0.2) is 43.0 Å². The van der Waals surface area contributed by atoms with Crippen molar-refractivity contribution in [3.05, 3.63) is 22.9 Å². The molecule has 0 radical (unpaired) electrons. The molecule has 2 aliphatic rings. The molecule has 6 nitrogen and oxygen atoms in total. The highest BCUT2D eigenvalue weighted by atomic mass is 16.7. The van der Waals surface area contributed by atoms with Gasteiger partial charge in [0.15, 0.2) is 0 Å². The van der Waals surface area contributed by atoms with E-state index in [0.29, 0.717) is 6.54 Å². The molecular weight excluding hydrogens is 282 g/mol. The van der Waals surface area contributed by atoms with Crippen LogP contribution in [0.1, 0.15) is 42.4 Å². The summed E-state index contributed by atoms with van der Waals surface area (Å²) in [5.41, 5.74) is 3.03. The molecule has 0 spiro atoms. The second-order valence-electron chi connectivity index (χ2n) is 6.17. The third-order valence-electron chi connectivity index (χ3n) is 4.59. The highest BCUT2D eigenvalue weighted by Gasteiger charge is 2.41. The number of aliphatic hydroxyl groups is 1. The molecule has 0 atom stereocenters. The lowest BCUT2D eigenvalue weighted by molar-refractivity contribution is -0.109. The predicted molar refractivity (Wildman–Crippen MR) is 83.7 cm³/mol. The van der Waals surface area contributed by atoms with Gasteiger partial charge in [0, 0.05) is 32.8 Å². The fourth-order valence-corrected chi connectivity index (χ4v) is 2.94. The van der Waals surface area contributed by atoms with Crippen molar-refractivity contribution in [1.29, 1.82) is 0 Å². The van der Waals surface area contributed by atoms with Crippen molar-refractivity contribution in [3.63, 3.8) is 0 Å². The van der Waals surface area contributed by atoms with Crippen LogP contribution in [0.15, 0.2) is 6.07 Å². The summed E-state index contributed by atoms with van der Waals surface area (Å²) in [5.74, 6) is 0.937. The number of nitrogens with one attached hydrogen (secondary N) is 2. The van der Waals surface area contributed by atoms with E-state index in [1.807, 2.05) is 0 Å². The number of hydrogen-bond acceptors (Lipinski definition) is 6. The summed E-state index contributed by atoms with van der Waals surface area (Å²) in [7, 11) is 3.24. The molecule has 1 aliphatic carbocycles. The number of ether oxygens (including phenoxy) is 2. The first-order valence-corrected chi connectivity index (χ1v) is 7.89. The van der Waals surface area contributed by atoms with E-state index in [1.54, 1.807) is 14.2 Å². The molecule has 22 heavy (non-hydrogen) atoms. The Morgan fingerprint density at radius 1 is 1.41 bits per heavy atom. The maximum atomic E-state index is 9.46. The van der Waals surface area contributed by atoms with Crippen molar-refractivity contribution >= 4 is 5.82 Å². The number of rotatable bonds is 7. The zero-order valence-electron chi connectivity index (χ0n) is 13.3. The molecule has 1 saturated carbocycles. The average Bonchev–Trinajstić information content (AvgIpc) is 3.34. The van der Waals surface area contributed by atoms with Crippen LogP contribution in [-0.2, 0) is 22.4 Å². The molecule has 3 N–H and O–H groups in total. The summed E-state index contributed by atoms with van der Waals surface area (Å²) >= 11 is 0. The summed E-state index contributed by atoms with van der Waals surface area (Å²) in [6, 6.07) is 2.19. The van der Waals surface area contributed by atoms with E-state index in [4.69, 9.17) is 14.5 Å². The van der Waals surface area contributed by atoms with E-state index in [2.05, 4.69) is 16.7 Å². The zero-order valence-corrected chi connectivity index (χ0v) is 13.3. The molecular formula is C16H25N3O3. The summed E-state index contributed by atoms with van der Waals surface area (Å²) in [6.07, 6.45) is 3.74. The number of hydrogen-bond donors (Lipinski definition) is 3. The molecule has 1 aromatic heterocycles. The van der Waals surface area contributed by atoms with Crippen molar-refractivity contribution in [2.75, 3.05) is 32.7 Å². The van der Waals surface area contributed by atoms with E-state index in [1.165, 1.54) is 5.56 Å². The van der Waals surface area contributed by atoms with Gasteiger partial charge in [-0.3, -0.25) is 0 Å². The number of aromatic nitrogens is 1. The summed E-state index contributed by atoms with van der Waals surface area (Å²) in [6.45, 7) is 1.80. The topological polar surface area (TPSA) is 75.6 Å². The Morgan fingerprint density at radius 2 is 2.18 bits per heavy atom. The van der Waals surface area contributed by atoms with Crippen molar-refractivity contribution in [3.8, 4) is 0 Å². The average molecular weight is 307 g/mol. The van der Waals surface area contributed by atoms with Gasteiger partial charge in [0.1, 0.15) is 11.5 Å². The van der Waals surface area contributed by atoms with E-state index in [0.717, 1.165) is 49.3 Å². The van der Waals surface area contributed by atoms with Crippen molar-refractivity contribution in [1.82, 2.24) is 10.3 Å². The van der Waals surface area contributed by atoms with Gasteiger partial charge in [-0.1, -0.05) is 0 Å². The van der Waals surface area contributed by atoms with E-state index < -0.39 is 6.29 Å². The lowest BCUT2D eigenvalue weighted by Gasteiger charge is -2.24. The van der Waals surface area contributed by atoms with Gasteiger partial charge in [-0.05, 0) is 42.9 Å². The van der Waals surface area contributed by atoms with Crippen molar-refractivity contribution in [2.45, 2.75) is 44.1 Å². The highest BCUT2D eigenvalue weighted by molar-refractivity contribution is 5.49. The molecule has 1 aromatic rings. The number of aryl methyl sites for hydroxylation is 1. The van der Waals surface area contributed by atoms with Gasteiger partial charge in [0.25, 0.3) is 0 Å². The molecule has 0 unspecified atom stereocenters. The van der Waals surface area contributed by atoms with Crippen LogP contribution in [0.2, 0.25) is 0 Å². The zero-order chi connectivity index (χ0) is 15.6. The van der Waals surface area contributed by atoms with Crippen LogP contribution in [0.4, 0.5) is 5.82 Å².